The van der Waals surface area contributed by atoms with E-state index in [0.29, 0.717) is 0 Å². The number of benzene rings is 4. The van der Waals surface area contributed by atoms with Crippen molar-refractivity contribution in [2.24, 2.45) is 0 Å². The third-order valence-electron chi connectivity index (χ3n) is 5.90. The maximum absolute atomic E-state index is 11.8. The second kappa shape index (κ2) is 11.6. The quantitative estimate of drug-likeness (QED) is 0.146. The molecule has 0 amide bonds. The average molecular weight is 458 g/mol. The molecule has 0 aliphatic heterocycles. The molecule has 0 saturated heterocycles. The van der Waals surface area contributed by atoms with Gasteiger partial charge < -0.3 is 0 Å². The van der Waals surface area contributed by atoms with Gasteiger partial charge in [-0.15, -0.1) is 0 Å². The molecule has 0 aliphatic rings. The van der Waals surface area contributed by atoms with Crippen molar-refractivity contribution in [2.75, 3.05) is 6.54 Å². The van der Waals surface area contributed by atoms with E-state index in [0.717, 1.165) is 39.0 Å². The normalized spacial score (nSPS) is 11.9. The van der Waals surface area contributed by atoms with Gasteiger partial charge in [-0.3, -0.25) is 10.1 Å². The van der Waals surface area contributed by atoms with Gasteiger partial charge in [-0.05, 0) is 45.0 Å². The Kier molecular flexibility index (Phi) is 7.82. The van der Waals surface area contributed by atoms with E-state index >= 15 is 0 Å². The smallest absolute Gasteiger partial charge is 0.214 e. The molecule has 1 atom stereocenters. The third kappa shape index (κ3) is 6.30. The number of hydrogen-bond acceptors (Lipinski definition) is 2. The van der Waals surface area contributed by atoms with Gasteiger partial charge in [0, 0.05) is 4.92 Å². The molecule has 0 aromatic heterocycles. The van der Waals surface area contributed by atoms with Gasteiger partial charge in [-0.1, -0.05) is 134 Å². The number of rotatable bonds is 9. The summed E-state index contributed by atoms with van der Waals surface area (Å²) in [5.74, 6) is -0.436. The summed E-state index contributed by atoms with van der Waals surface area (Å²) in [7, 11) is 0. The van der Waals surface area contributed by atoms with Crippen molar-refractivity contribution in [1.82, 2.24) is 0 Å². The summed E-state index contributed by atoms with van der Waals surface area (Å²) in [5, 5.41) is 11.8. The lowest BCUT2D eigenvalue weighted by Crippen LogP contribution is -2.15. The Bertz CT molecular complexity index is 1280. The summed E-state index contributed by atoms with van der Waals surface area (Å²) < 4.78 is 0. The topological polar surface area (TPSA) is 43.1 Å². The van der Waals surface area contributed by atoms with E-state index in [1.165, 1.54) is 0 Å². The van der Waals surface area contributed by atoms with Crippen molar-refractivity contribution in [3.63, 3.8) is 0 Å². The highest BCUT2D eigenvalue weighted by Gasteiger charge is 2.22. The minimum absolute atomic E-state index is 0.217. The number of nitro groups is 1. The highest BCUT2D eigenvalue weighted by Crippen LogP contribution is 2.33. The van der Waals surface area contributed by atoms with E-state index in [1.54, 1.807) is 0 Å². The van der Waals surface area contributed by atoms with Crippen molar-refractivity contribution in [3.05, 3.63) is 178 Å². The Morgan fingerprint density at radius 2 is 1.11 bits per heavy atom. The SMILES string of the molecule is C=C(/C=C(\C=C(c1ccccc1)c1ccccc1)C(C[N+](=O)[O-])c1ccccc1)c1ccccc1. The fraction of sp³-hybridized carbons (Fsp3) is 0.0625. The molecule has 1 unspecified atom stereocenters. The molecule has 0 saturated carbocycles. The molecule has 35 heavy (non-hydrogen) atoms. The first-order chi connectivity index (χ1) is 17.1. The van der Waals surface area contributed by atoms with E-state index < -0.39 is 5.92 Å². The maximum Gasteiger partial charge on any atom is 0.214 e. The van der Waals surface area contributed by atoms with E-state index in [2.05, 4.69) is 36.9 Å². The van der Waals surface area contributed by atoms with Crippen LogP contribution < -0.4 is 0 Å². The molecular weight excluding hydrogens is 430 g/mol. The summed E-state index contributed by atoms with van der Waals surface area (Å²) in [6.45, 7) is 4.08. The fourth-order valence-corrected chi connectivity index (χ4v) is 4.15. The Balaban J connectivity index is 1.93. The van der Waals surface area contributed by atoms with Gasteiger partial charge in [0.2, 0.25) is 6.54 Å². The summed E-state index contributed by atoms with van der Waals surface area (Å²) in [5.41, 5.74) is 6.61. The number of hydrogen-bond donors (Lipinski definition) is 0. The first-order valence-corrected chi connectivity index (χ1v) is 11.6. The monoisotopic (exact) mass is 457 g/mol. The molecule has 4 aromatic rings. The highest BCUT2D eigenvalue weighted by atomic mass is 16.6. The summed E-state index contributed by atoms with van der Waals surface area (Å²) >= 11 is 0. The minimum atomic E-state index is -0.436. The summed E-state index contributed by atoms with van der Waals surface area (Å²) in [6, 6.07) is 39.8. The molecule has 0 spiro atoms. The molecule has 4 rings (SSSR count). The largest absolute Gasteiger partial charge is 0.265 e. The zero-order valence-electron chi connectivity index (χ0n) is 19.5. The molecule has 0 bridgehead atoms. The van der Waals surface area contributed by atoms with E-state index in [4.69, 9.17) is 0 Å². The fourth-order valence-electron chi connectivity index (χ4n) is 4.15. The van der Waals surface area contributed by atoms with Gasteiger partial charge in [-0.25, -0.2) is 0 Å². The van der Waals surface area contributed by atoms with Gasteiger partial charge in [0.1, 0.15) is 0 Å². The van der Waals surface area contributed by atoms with Crippen LogP contribution in [0.4, 0.5) is 0 Å². The van der Waals surface area contributed by atoms with Crippen molar-refractivity contribution in [3.8, 4) is 0 Å². The molecular formula is C32H27NO2. The molecule has 172 valence electrons. The molecule has 0 fully saturated rings. The second-order valence-electron chi connectivity index (χ2n) is 8.30. The summed E-state index contributed by atoms with van der Waals surface area (Å²) in [4.78, 5) is 11.6. The Morgan fingerprint density at radius 1 is 0.686 bits per heavy atom. The molecule has 0 heterocycles. The van der Waals surface area contributed by atoms with E-state index in [1.807, 2.05) is 103 Å². The number of allylic oxidation sites excluding steroid dienone is 3. The first-order valence-electron chi connectivity index (χ1n) is 11.6. The Hall–Kier alpha value is -4.50. The molecule has 0 radical (unpaired) electrons. The maximum atomic E-state index is 11.8. The van der Waals surface area contributed by atoms with Gasteiger partial charge in [0.05, 0.1) is 5.92 Å². The van der Waals surface area contributed by atoms with Crippen LogP contribution in [0.25, 0.3) is 11.1 Å². The molecule has 3 heteroatoms. The van der Waals surface area contributed by atoms with Crippen LogP contribution in [-0.2, 0) is 0 Å². The van der Waals surface area contributed by atoms with Crippen LogP contribution in [0.1, 0.15) is 28.2 Å². The van der Waals surface area contributed by atoms with Crippen LogP contribution in [0.2, 0.25) is 0 Å². The standard InChI is InChI=1S/C32H27NO2/c1-25(26-14-6-2-7-15-26)22-30(32(24-33(34)35)29-20-12-5-13-21-29)23-31(27-16-8-3-9-17-27)28-18-10-4-11-19-28/h2-23,32H,1,24H2/b30-22+. The van der Waals surface area contributed by atoms with Gasteiger partial charge in [0.25, 0.3) is 0 Å². The van der Waals surface area contributed by atoms with E-state index in [-0.39, 0.29) is 11.5 Å². The summed E-state index contributed by atoms with van der Waals surface area (Å²) in [6.07, 6.45) is 4.07. The first kappa shape index (κ1) is 23.7. The lowest BCUT2D eigenvalue weighted by Gasteiger charge is -2.18. The predicted molar refractivity (Wildman–Crippen MR) is 145 cm³/mol. The highest BCUT2D eigenvalue weighted by molar-refractivity contribution is 5.83. The van der Waals surface area contributed by atoms with Crippen LogP contribution in [-0.4, -0.2) is 11.5 Å². The van der Waals surface area contributed by atoms with Crippen molar-refractivity contribution in [1.29, 1.82) is 0 Å². The van der Waals surface area contributed by atoms with Crippen LogP contribution in [0.5, 0.6) is 0 Å². The Morgan fingerprint density at radius 3 is 1.57 bits per heavy atom. The number of nitrogens with zero attached hydrogens (tertiary/aromatic N) is 1. The zero-order chi connectivity index (χ0) is 24.5. The minimum Gasteiger partial charge on any atom is -0.265 e. The van der Waals surface area contributed by atoms with Crippen LogP contribution in [0, 0.1) is 10.1 Å². The predicted octanol–water partition coefficient (Wildman–Crippen LogP) is 7.82. The van der Waals surface area contributed by atoms with Crippen LogP contribution in [0.15, 0.2) is 146 Å². The van der Waals surface area contributed by atoms with Gasteiger partial charge in [0.15, 0.2) is 0 Å². The zero-order valence-corrected chi connectivity index (χ0v) is 19.5. The molecule has 0 aliphatic carbocycles. The second-order valence-corrected chi connectivity index (χ2v) is 8.30. The third-order valence-corrected chi connectivity index (χ3v) is 5.90. The van der Waals surface area contributed by atoms with Crippen molar-refractivity contribution in [2.45, 2.75) is 5.92 Å². The Labute approximate surface area is 206 Å². The van der Waals surface area contributed by atoms with Crippen molar-refractivity contribution >= 4 is 11.1 Å². The molecule has 3 nitrogen and oxygen atoms in total. The van der Waals surface area contributed by atoms with Crippen LogP contribution >= 0.6 is 0 Å². The molecule has 4 aromatic carbocycles. The van der Waals surface area contributed by atoms with Gasteiger partial charge in [-0.2, -0.15) is 0 Å². The lowest BCUT2D eigenvalue weighted by molar-refractivity contribution is -0.481. The van der Waals surface area contributed by atoms with Crippen LogP contribution in [0.3, 0.4) is 0 Å². The lowest BCUT2D eigenvalue weighted by atomic mass is 9.85. The van der Waals surface area contributed by atoms with Gasteiger partial charge >= 0.3 is 0 Å². The van der Waals surface area contributed by atoms with E-state index in [9.17, 15) is 10.1 Å². The van der Waals surface area contributed by atoms with Crippen molar-refractivity contribution < 1.29 is 4.92 Å². The molecule has 0 N–H and O–H groups in total. The average Bonchev–Trinajstić information content (AvgIpc) is 2.91.